The third-order valence-corrected chi connectivity index (χ3v) is 4.63. The lowest BCUT2D eigenvalue weighted by molar-refractivity contribution is -0.137. The van der Waals surface area contributed by atoms with E-state index in [1.807, 2.05) is 30.3 Å². The first-order chi connectivity index (χ1) is 14.1. The molecule has 0 saturated heterocycles. The molecule has 2 aromatic carbocycles. The second-order valence-corrected chi connectivity index (χ2v) is 6.60. The Kier molecular flexibility index (Phi) is 4.92. The highest BCUT2D eigenvalue weighted by molar-refractivity contribution is 6.17. The molecule has 0 unspecified atom stereocenters. The maximum atomic E-state index is 12.9. The molecule has 1 aromatic heterocycles. The molecule has 2 amide bonds. The van der Waals surface area contributed by atoms with E-state index in [9.17, 15) is 14.4 Å². The number of anilines is 1. The van der Waals surface area contributed by atoms with Gasteiger partial charge in [0.05, 0.1) is 36.9 Å². The predicted molar refractivity (Wildman–Crippen MR) is 107 cm³/mol. The number of amides is 2. The maximum Gasteiger partial charge on any atom is 0.277 e. The molecule has 4 rings (SSSR count). The number of carbonyl (C=O) groups excluding carboxylic acids is 2. The molecule has 8 nitrogen and oxygen atoms in total. The summed E-state index contributed by atoms with van der Waals surface area (Å²) in [7, 11) is 0. The van der Waals surface area contributed by atoms with Gasteiger partial charge in [0.2, 0.25) is 0 Å². The maximum absolute atomic E-state index is 12.9. The smallest absolute Gasteiger partial charge is 0.277 e. The minimum absolute atomic E-state index is 0.0643. The fraction of sp³-hybridized carbons (Fsp3) is 0.143. The van der Waals surface area contributed by atoms with Crippen molar-refractivity contribution in [1.29, 1.82) is 0 Å². The average Bonchev–Trinajstić information content (AvgIpc) is 2.99. The van der Waals surface area contributed by atoms with E-state index in [0.717, 1.165) is 10.5 Å². The van der Waals surface area contributed by atoms with Gasteiger partial charge >= 0.3 is 0 Å². The van der Waals surface area contributed by atoms with Gasteiger partial charge in [0.15, 0.2) is 0 Å². The molecule has 3 aromatic rings. The van der Waals surface area contributed by atoms with Crippen molar-refractivity contribution in [1.82, 2.24) is 14.5 Å². The fourth-order valence-corrected chi connectivity index (χ4v) is 3.19. The molecular weight excluding hydrogens is 372 g/mol. The summed E-state index contributed by atoms with van der Waals surface area (Å²) < 4.78 is 1.52. The van der Waals surface area contributed by atoms with Gasteiger partial charge in [-0.3, -0.25) is 23.9 Å². The highest BCUT2D eigenvalue weighted by atomic mass is 16.3. The Morgan fingerprint density at radius 2 is 1.83 bits per heavy atom. The van der Waals surface area contributed by atoms with E-state index in [1.165, 1.54) is 17.0 Å². The van der Waals surface area contributed by atoms with Gasteiger partial charge in [0, 0.05) is 11.8 Å². The zero-order valence-corrected chi connectivity index (χ0v) is 15.4. The summed E-state index contributed by atoms with van der Waals surface area (Å²) in [5, 5.41) is 12.3. The van der Waals surface area contributed by atoms with Gasteiger partial charge in [-0.05, 0) is 23.8 Å². The third kappa shape index (κ3) is 3.65. The van der Waals surface area contributed by atoms with Crippen LogP contribution in [0.5, 0.6) is 0 Å². The summed E-state index contributed by atoms with van der Waals surface area (Å²) in [5.74, 6) is -1.00. The summed E-state index contributed by atoms with van der Waals surface area (Å²) in [5.41, 5.74) is 1.90. The minimum atomic E-state index is -0.517. The van der Waals surface area contributed by atoms with E-state index in [-0.39, 0.29) is 24.4 Å². The first-order valence-corrected chi connectivity index (χ1v) is 9.05. The van der Waals surface area contributed by atoms with Gasteiger partial charge in [-0.25, -0.2) is 4.98 Å². The molecule has 2 heterocycles. The lowest BCUT2D eigenvalue weighted by Crippen LogP contribution is -2.34. The number of benzene rings is 2. The SMILES string of the molecule is O=C1C=C(Nc2ccc3ncn(Cc4ccccc4)c(=O)c3c2)C(=O)N1CCO. The number of carbonyl (C=O) groups is 2. The Balaban J connectivity index is 1.63. The summed E-state index contributed by atoms with van der Waals surface area (Å²) in [4.78, 5) is 42.4. The van der Waals surface area contributed by atoms with Crippen molar-refractivity contribution in [3.05, 3.63) is 82.5 Å². The van der Waals surface area contributed by atoms with Crippen LogP contribution in [0.4, 0.5) is 5.69 Å². The molecule has 0 atom stereocenters. The summed E-state index contributed by atoms with van der Waals surface area (Å²) in [6, 6.07) is 14.6. The molecule has 0 saturated carbocycles. The molecule has 1 aliphatic rings. The van der Waals surface area contributed by atoms with Crippen LogP contribution in [-0.4, -0.2) is 44.5 Å². The number of β-amino-alcohol motifs (C(OH)–C–C–N with tert-alkyl or cyclic N) is 1. The second kappa shape index (κ2) is 7.69. The second-order valence-electron chi connectivity index (χ2n) is 6.60. The minimum Gasteiger partial charge on any atom is -0.395 e. The standard InChI is InChI=1S/C21H18N4O4/c26-9-8-25-19(27)11-18(21(25)29)23-15-6-7-17-16(10-15)20(28)24(13-22-17)12-14-4-2-1-3-5-14/h1-7,10-11,13,23,26H,8-9,12H2. The van der Waals surface area contributed by atoms with Gasteiger partial charge in [0.25, 0.3) is 17.4 Å². The highest BCUT2D eigenvalue weighted by Crippen LogP contribution is 2.20. The highest BCUT2D eigenvalue weighted by Gasteiger charge is 2.30. The fourth-order valence-electron chi connectivity index (χ4n) is 3.19. The Morgan fingerprint density at radius 1 is 1.03 bits per heavy atom. The molecule has 1 aliphatic heterocycles. The van der Waals surface area contributed by atoms with Crippen molar-refractivity contribution in [2.75, 3.05) is 18.5 Å². The third-order valence-electron chi connectivity index (χ3n) is 4.63. The topological polar surface area (TPSA) is 105 Å². The van der Waals surface area contributed by atoms with Crippen LogP contribution in [0.15, 0.2) is 71.4 Å². The van der Waals surface area contributed by atoms with Crippen LogP contribution in [-0.2, 0) is 16.1 Å². The van der Waals surface area contributed by atoms with Gasteiger partial charge in [-0.2, -0.15) is 0 Å². The Morgan fingerprint density at radius 3 is 2.59 bits per heavy atom. The monoisotopic (exact) mass is 390 g/mol. The van der Waals surface area contributed by atoms with Crippen LogP contribution in [0.3, 0.4) is 0 Å². The molecule has 0 radical (unpaired) electrons. The number of hydrogen-bond donors (Lipinski definition) is 2. The number of fused-ring (bicyclic) bond motifs is 1. The average molecular weight is 390 g/mol. The van der Waals surface area contributed by atoms with E-state index in [2.05, 4.69) is 10.3 Å². The molecule has 0 bridgehead atoms. The van der Waals surface area contributed by atoms with Crippen molar-refractivity contribution >= 4 is 28.4 Å². The van der Waals surface area contributed by atoms with Gasteiger partial charge < -0.3 is 10.4 Å². The lowest BCUT2D eigenvalue weighted by atomic mass is 10.2. The summed E-state index contributed by atoms with van der Waals surface area (Å²) >= 11 is 0. The van der Waals surface area contributed by atoms with Crippen molar-refractivity contribution in [3.63, 3.8) is 0 Å². The Hall–Kier alpha value is -3.78. The van der Waals surface area contributed by atoms with E-state index >= 15 is 0 Å². The van der Waals surface area contributed by atoms with Crippen molar-refractivity contribution < 1.29 is 14.7 Å². The zero-order valence-electron chi connectivity index (χ0n) is 15.4. The summed E-state index contributed by atoms with van der Waals surface area (Å²) in [6.45, 7) is 0.0287. The van der Waals surface area contributed by atoms with Crippen molar-refractivity contribution in [2.45, 2.75) is 6.54 Å². The van der Waals surface area contributed by atoms with Crippen LogP contribution in [0.25, 0.3) is 10.9 Å². The van der Waals surface area contributed by atoms with Crippen LogP contribution in [0.2, 0.25) is 0 Å². The molecule has 0 spiro atoms. The van der Waals surface area contributed by atoms with Gasteiger partial charge in [0.1, 0.15) is 5.70 Å². The normalized spacial score (nSPS) is 13.8. The molecule has 146 valence electrons. The number of aliphatic hydroxyl groups is 1. The molecule has 8 heteroatoms. The predicted octanol–water partition coefficient (Wildman–Crippen LogP) is 1.10. The number of aliphatic hydroxyl groups excluding tert-OH is 1. The number of hydrogen-bond acceptors (Lipinski definition) is 6. The number of nitrogens with one attached hydrogen (secondary N) is 1. The Labute approximate surface area is 165 Å². The van der Waals surface area contributed by atoms with Crippen molar-refractivity contribution in [2.24, 2.45) is 0 Å². The number of rotatable bonds is 6. The van der Waals surface area contributed by atoms with E-state index in [4.69, 9.17) is 5.11 Å². The largest absolute Gasteiger partial charge is 0.395 e. The van der Waals surface area contributed by atoms with E-state index in [0.29, 0.717) is 23.1 Å². The summed E-state index contributed by atoms with van der Waals surface area (Å²) in [6.07, 6.45) is 2.69. The first-order valence-electron chi connectivity index (χ1n) is 9.05. The van der Waals surface area contributed by atoms with Crippen LogP contribution in [0.1, 0.15) is 5.56 Å². The van der Waals surface area contributed by atoms with Crippen LogP contribution < -0.4 is 10.9 Å². The number of imide groups is 1. The quantitative estimate of drug-likeness (QED) is 0.611. The van der Waals surface area contributed by atoms with Crippen LogP contribution >= 0.6 is 0 Å². The van der Waals surface area contributed by atoms with Gasteiger partial charge in [-0.15, -0.1) is 0 Å². The lowest BCUT2D eigenvalue weighted by Gasteiger charge is -2.13. The molecular formula is C21H18N4O4. The Bertz CT molecular complexity index is 1180. The van der Waals surface area contributed by atoms with Gasteiger partial charge in [-0.1, -0.05) is 30.3 Å². The number of nitrogens with zero attached hydrogens (tertiary/aromatic N) is 3. The van der Waals surface area contributed by atoms with E-state index in [1.54, 1.807) is 18.2 Å². The molecule has 2 N–H and O–H groups in total. The zero-order chi connectivity index (χ0) is 20.4. The first kappa shape index (κ1) is 18.6. The van der Waals surface area contributed by atoms with E-state index < -0.39 is 11.8 Å². The molecule has 0 aliphatic carbocycles. The number of aromatic nitrogens is 2. The van der Waals surface area contributed by atoms with Crippen LogP contribution in [0, 0.1) is 0 Å². The molecule has 29 heavy (non-hydrogen) atoms. The van der Waals surface area contributed by atoms with Crippen molar-refractivity contribution in [3.8, 4) is 0 Å². The molecule has 0 fully saturated rings.